The minimum Gasteiger partial charge on any atom is -0.481 e. The molecule has 0 unspecified atom stereocenters. The number of furan rings is 1. The van der Waals surface area contributed by atoms with Crippen LogP contribution in [0.3, 0.4) is 0 Å². The van der Waals surface area contributed by atoms with Crippen molar-refractivity contribution in [2.45, 2.75) is 19.3 Å². The lowest BCUT2D eigenvalue weighted by molar-refractivity contribution is -0.171. The van der Waals surface area contributed by atoms with Gasteiger partial charge in [0.1, 0.15) is 5.58 Å². The molecular formula is C15H16O4. The number of rotatable bonds is 3. The lowest BCUT2D eigenvalue weighted by Crippen LogP contribution is -2.59. The lowest BCUT2D eigenvalue weighted by Gasteiger charge is -2.49. The van der Waals surface area contributed by atoms with Gasteiger partial charge in [-0.05, 0) is 19.9 Å². The van der Waals surface area contributed by atoms with Gasteiger partial charge in [-0.1, -0.05) is 18.2 Å². The summed E-state index contributed by atoms with van der Waals surface area (Å²) in [7, 11) is 0. The number of benzene rings is 1. The van der Waals surface area contributed by atoms with E-state index in [2.05, 4.69) is 0 Å². The number of hydrogen-bond acceptors (Lipinski definition) is 3. The summed E-state index contributed by atoms with van der Waals surface area (Å²) in [6.07, 6.45) is 1.68. The molecule has 0 amide bonds. The molecule has 2 heterocycles. The second-order valence-corrected chi connectivity index (χ2v) is 5.65. The van der Waals surface area contributed by atoms with Crippen molar-refractivity contribution < 1.29 is 19.1 Å². The van der Waals surface area contributed by atoms with Crippen LogP contribution in [0.4, 0.5) is 0 Å². The van der Waals surface area contributed by atoms with Crippen LogP contribution >= 0.6 is 0 Å². The molecule has 1 fully saturated rings. The zero-order chi connectivity index (χ0) is 13.7. The van der Waals surface area contributed by atoms with E-state index in [1.54, 1.807) is 20.1 Å². The Kier molecular flexibility index (Phi) is 2.47. The first-order valence-corrected chi connectivity index (χ1v) is 6.27. The minimum absolute atomic E-state index is 0.413. The second kappa shape index (κ2) is 3.84. The molecule has 0 bridgehead atoms. The standard InChI is InChI=1S/C15H16O4/c1-14(2,13(16)17)15(8-18-9-15)11-7-19-12-6-4-3-5-10(11)12/h3-7H,8-9H2,1-2H3,(H,16,17). The van der Waals surface area contributed by atoms with Crippen molar-refractivity contribution >= 4 is 16.9 Å². The molecule has 0 radical (unpaired) electrons. The van der Waals surface area contributed by atoms with Gasteiger partial charge >= 0.3 is 5.97 Å². The van der Waals surface area contributed by atoms with Crippen LogP contribution in [-0.2, 0) is 14.9 Å². The van der Waals surface area contributed by atoms with Crippen LogP contribution in [0.25, 0.3) is 11.0 Å². The molecule has 1 saturated heterocycles. The Morgan fingerprint density at radius 1 is 1.32 bits per heavy atom. The maximum Gasteiger partial charge on any atom is 0.310 e. The van der Waals surface area contributed by atoms with Crippen molar-refractivity contribution in [3.8, 4) is 0 Å². The highest BCUT2D eigenvalue weighted by Gasteiger charge is 2.57. The molecule has 0 spiro atoms. The number of fused-ring (bicyclic) bond motifs is 1. The fraction of sp³-hybridized carbons (Fsp3) is 0.400. The topological polar surface area (TPSA) is 59.7 Å². The molecule has 3 rings (SSSR count). The van der Waals surface area contributed by atoms with Gasteiger partial charge in [-0.2, -0.15) is 0 Å². The van der Waals surface area contributed by atoms with Gasteiger partial charge in [0.15, 0.2) is 0 Å². The second-order valence-electron chi connectivity index (χ2n) is 5.65. The summed E-state index contributed by atoms with van der Waals surface area (Å²) in [6.45, 7) is 4.32. The highest BCUT2D eigenvalue weighted by molar-refractivity contribution is 5.85. The highest BCUT2D eigenvalue weighted by atomic mass is 16.5. The predicted molar refractivity (Wildman–Crippen MR) is 70.1 cm³/mol. The van der Waals surface area contributed by atoms with Crippen LogP contribution in [0.1, 0.15) is 19.4 Å². The summed E-state index contributed by atoms with van der Waals surface area (Å²) in [6, 6.07) is 7.69. The fourth-order valence-corrected chi connectivity index (χ4v) is 2.71. The van der Waals surface area contributed by atoms with E-state index in [4.69, 9.17) is 9.15 Å². The third-order valence-corrected chi connectivity index (χ3v) is 4.42. The number of aliphatic carboxylic acids is 1. The molecule has 1 aliphatic heterocycles. The molecule has 0 aliphatic carbocycles. The van der Waals surface area contributed by atoms with Gasteiger partial charge in [-0.25, -0.2) is 0 Å². The van der Waals surface area contributed by atoms with Crippen molar-refractivity contribution in [3.05, 3.63) is 36.1 Å². The maximum absolute atomic E-state index is 11.6. The number of carbonyl (C=O) groups is 1. The Morgan fingerprint density at radius 2 is 2.00 bits per heavy atom. The first kappa shape index (κ1) is 12.2. The Balaban J connectivity index is 2.20. The number of carboxylic acids is 1. The van der Waals surface area contributed by atoms with Crippen LogP contribution in [0, 0.1) is 5.41 Å². The Hall–Kier alpha value is -1.81. The molecular weight excluding hydrogens is 244 g/mol. The SMILES string of the molecule is CC(C)(C(=O)O)C1(c2coc3ccccc23)COC1. The molecule has 100 valence electrons. The average Bonchev–Trinajstić information content (AvgIpc) is 2.72. The van der Waals surface area contributed by atoms with Gasteiger partial charge in [-0.15, -0.1) is 0 Å². The zero-order valence-electron chi connectivity index (χ0n) is 11.0. The normalized spacial score (nSPS) is 18.2. The molecule has 0 atom stereocenters. The summed E-state index contributed by atoms with van der Waals surface area (Å²) < 4.78 is 10.9. The Bertz CT molecular complexity index is 634. The lowest BCUT2D eigenvalue weighted by atomic mass is 9.60. The molecule has 2 aromatic rings. The van der Waals surface area contributed by atoms with E-state index < -0.39 is 16.8 Å². The van der Waals surface area contributed by atoms with E-state index in [9.17, 15) is 9.90 Å². The van der Waals surface area contributed by atoms with E-state index in [0.717, 1.165) is 16.5 Å². The smallest absolute Gasteiger partial charge is 0.310 e. The van der Waals surface area contributed by atoms with Crippen LogP contribution in [0.5, 0.6) is 0 Å². The first-order chi connectivity index (χ1) is 8.99. The molecule has 4 heteroatoms. The third-order valence-electron chi connectivity index (χ3n) is 4.42. The monoisotopic (exact) mass is 260 g/mol. The van der Waals surface area contributed by atoms with Crippen LogP contribution in [0.15, 0.2) is 34.9 Å². The van der Waals surface area contributed by atoms with Gasteiger partial charge < -0.3 is 14.3 Å². The van der Waals surface area contributed by atoms with E-state index in [1.807, 2.05) is 24.3 Å². The Morgan fingerprint density at radius 3 is 2.58 bits per heavy atom. The molecule has 19 heavy (non-hydrogen) atoms. The molecule has 1 aromatic carbocycles. The van der Waals surface area contributed by atoms with E-state index >= 15 is 0 Å². The van der Waals surface area contributed by atoms with Crippen molar-refractivity contribution in [3.63, 3.8) is 0 Å². The van der Waals surface area contributed by atoms with Gasteiger partial charge in [-0.3, -0.25) is 4.79 Å². The van der Waals surface area contributed by atoms with Crippen molar-refractivity contribution in [2.24, 2.45) is 5.41 Å². The highest BCUT2D eigenvalue weighted by Crippen LogP contribution is 2.49. The van der Waals surface area contributed by atoms with Crippen LogP contribution in [-0.4, -0.2) is 24.3 Å². The summed E-state index contributed by atoms with van der Waals surface area (Å²) >= 11 is 0. The molecule has 1 aromatic heterocycles. The van der Waals surface area contributed by atoms with Crippen LogP contribution in [0.2, 0.25) is 0 Å². The third kappa shape index (κ3) is 1.46. The largest absolute Gasteiger partial charge is 0.481 e. The van der Waals surface area contributed by atoms with Crippen molar-refractivity contribution in [2.75, 3.05) is 13.2 Å². The van der Waals surface area contributed by atoms with Gasteiger partial charge in [0, 0.05) is 10.9 Å². The quantitative estimate of drug-likeness (QED) is 0.921. The fourth-order valence-electron chi connectivity index (χ4n) is 2.71. The van der Waals surface area contributed by atoms with Gasteiger partial charge in [0.2, 0.25) is 0 Å². The number of ether oxygens (including phenoxy) is 1. The molecule has 4 nitrogen and oxygen atoms in total. The summed E-state index contributed by atoms with van der Waals surface area (Å²) in [5, 5.41) is 10.5. The van der Waals surface area contributed by atoms with Crippen molar-refractivity contribution in [1.29, 1.82) is 0 Å². The van der Waals surface area contributed by atoms with E-state index in [1.165, 1.54) is 0 Å². The number of carboxylic acid groups (broad SMARTS) is 1. The summed E-state index contributed by atoms with van der Waals surface area (Å²) in [5.41, 5.74) is 0.287. The van der Waals surface area contributed by atoms with E-state index in [0.29, 0.717) is 13.2 Å². The first-order valence-electron chi connectivity index (χ1n) is 6.27. The van der Waals surface area contributed by atoms with Crippen LogP contribution < -0.4 is 0 Å². The molecule has 1 aliphatic rings. The molecule has 1 N–H and O–H groups in total. The minimum atomic E-state index is -0.905. The molecule has 0 saturated carbocycles. The van der Waals surface area contributed by atoms with Crippen molar-refractivity contribution in [1.82, 2.24) is 0 Å². The zero-order valence-corrected chi connectivity index (χ0v) is 11.0. The average molecular weight is 260 g/mol. The predicted octanol–water partition coefficient (Wildman–Crippen LogP) is 2.81. The van der Waals surface area contributed by atoms with Gasteiger partial charge in [0.05, 0.1) is 30.3 Å². The number of hydrogen-bond donors (Lipinski definition) is 1. The Labute approximate surface area is 111 Å². The summed E-state index contributed by atoms with van der Waals surface area (Å²) in [5.74, 6) is -0.818. The maximum atomic E-state index is 11.6. The number of para-hydroxylation sites is 1. The van der Waals surface area contributed by atoms with Gasteiger partial charge in [0.25, 0.3) is 0 Å². The summed E-state index contributed by atoms with van der Waals surface area (Å²) in [4.78, 5) is 11.6. The van der Waals surface area contributed by atoms with E-state index in [-0.39, 0.29) is 0 Å².